The Morgan fingerprint density at radius 2 is 1.74 bits per heavy atom. The van der Waals surface area contributed by atoms with Crippen molar-refractivity contribution in [3.05, 3.63) is 59.1 Å². The van der Waals surface area contributed by atoms with Crippen LogP contribution in [0.25, 0.3) is 0 Å². The van der Waals surface area contributed by atoms with E-state index in [0.29, 0.717) is 15.9 Å². The molecule has 0 unspecified atom stereocenters. The highest BCUT2D eigenvalue weighted by Gasteiger charge is 2.01. The number of halogens is 2. The number of anilines is 1. The van der Waals surface area contributed by atoms with Gasteiger partial charge in [0.25, 0.3) is 5.17 Å². The number of benzene rings is 2. The summed E-state index contributed by atoms with van der Waals surface area (Å²) < 4.78 is 5.48. The van der Waals surface area contributed by atoms with Gasteiger partial charge in [-0.05, 0) is 54.2 Å². The van der Waals surface area contributed by atoms with Gasteiger partial charge in [0.05, 0.1) is 0 Å². The summed E-state index contributed by atoms with van der Waals surface area (Å²) >= 11 is 14.3. The monoisotopic (exact) mass is 355 g/mol. The molecule has 1 N–H and O–H groups in total. The highest BCUT2D eigenvalue weighted by Crippen LogP contribution is 2.17. The molecule has 0 aliphatic rings. The van der Waals surface area contributed by atoms with Gasteiger partial charge in [0.15, 0.2) is 0 Å². The first kappa shape index (κ1) is 14.3. The van der Waals surface area contributed by atoms with Crippen LogP contribution in [0.15, 0.2) is 48.5 Å². The smallest absolute Gasteiger partial charge is 0.266 e. The molecule has 0 bridgehead atoms. The summed E-state index contributed by atoms with van der Waals surface area (Å²) in [6.07, 6.45) is 0. The molecule has 2 nitrogen and oxygen atoms in total. The van der Waals surface area contributed by atoms with Gasteiger partial charge >= 0.3 is 0 Å². The maximum atomic E-state index is 5.80. The Morgan fingerprint density at radius 3 is 2.32 bits per heavy atom. The summed E-state index contributed by atoms with van der Waals surface area (Å²) in [6.45, 7) is 0. The van der Waals surface area contributed by atoms with Crippen molar-refractivity contribution in [3.63, 3.8) is 0 Å². The van der Waals surface area contributed by atoms with E-state index in [4.69, 9.17) is 28.6 Å². The predicted molar refractivity (Wildman–Crippen MR) is 87.4 cm³/mol. The molecule has 0 fully saturated rings. The Hall–Kier alpha value is -1.10. The summed E-state index contributed by atoms with van der Waals surface area (Å²) in [5.41, 5.74) is 2.10. The van der Waals surface area contributed by atoms with Crippen LogP contribution in [-0.4, -0.2) is 5.17 Å². The summed E-state index contributed by atoms with van der Waals surface area (Å²) in [4.78, 5) is 0. The average molecular weight is 357 g/mol. The summed E-state index contributed by atoms with van der Waals surface area (Å²) in [5, 5.41) is 4.81. The van der Waals surface area contributed by atoms with Gasteiger partial charge in [-0.3, -0.25) is 0 Å². The molecule has 2 rings (SSSR count). The predicted octanol–water partition coefficient (Wildman–Crippen LogP) is 5.01. The fourth-order valence-electron chi connectivity index (χ4n) is 1.43. The van der Waals surface area contributed by atoms with Gasteiger partial charge in [0.2, 0.25) is 0 Å². The van der Waals surface area contributed by atoms with Crippen molar-refractivity contribution in [1.29, 1.82) is 0 Å². The molecule has 0 spiro atoms. The van der Waals surface area contributed by atoms with Crippen LogP contribution in [0.4, 0.5) is 5.69 Å². The topological polar surface area (TPSA) is 21.3 Å². The molecule has 0 heterocycles. The lowest BCUT2D eigenvalue weighted by Gasteiger charge is -2.09. The lowest BCUT2D eigenvalue weighted by atomic mass is 10.2. The van der Waals surface area contributed by atoms with Crippen molar-refractivity contribution >= 4 is 50.6 Å². The van der Waals surface area contributed by atoms with E-state index in [9.17, 15) is 0 Å². The van der Waals surface area contributed by atoms with Crippen LogP contribution in [0.3, 0.4) is 0 Å². The first-order valence-electron chi connectivity index (χ1n) is 5.56. The lowest BCUT2D eigenvalue weighted by molar-refractivity contribution is 0.563. The number of alkyl halides is 1. The van der Waals surface area contributed by atoms with E-state index in [1.807, 2.05) is 24.3 Å². The molecule has 0 aliphatic carbocycles. The number of hydrogen-bond acceptors (Lipinski definition) is 2. The minimum atomic E-state index is 0.300. The summed E-state index contributed by atoms with van der Waals surface area (Å²) in [6, 6.07) is 15.0. The zero-order chi connectivity index (χ0) is 13.7. The van der Waals surface area contributed by atoms with E-state index in [0.717, 1.165) is 11.0 Å². The fourth-order valence-corrected chi connectivity index (χ4v) is 2.14. The Kier molecular flexibility index (Phi) is 5.19. The fraction of sp³-hybridized carbons (Fsp3) is 0.0714. The van der Waals surface area contributed by atoms with Crippen LogP contribution in [0.5, 0.6) is 5.75 Å². The zero-order valence-corrected chi connectivity index (χ0v) is 13.1. The van der Waals surface area contributed by atoms with Crippen LogP contribution in [-0.2, 0) is 5.33 Å². The van der Waals surface area contributed by atoms with Gasteiger partial charge in [-0.2, -0.15) is 0 Å². The van der Waals surface area contributed by atoms with Crippen LogP contribution in [0.1, 0.15) is 5.56 Å². The van der Waals surface area contributed by atoms with Gasteiger partial charge in [-0.15, -0.1) is 0 Å². The molecule has 2 aromatic rings. The Balaban J connectivity index is 1.95. The van der Waals surface area contributed by atoms with Crippen molar-refractivity contribution in [3.8, 4) is 5.75 Å². The Morgan fingerprint density at radius 1 is 1.11 bits per heavy atom. The highest BCUT2D eigenvalue weighted by molar-refractivity contribution is 9.08. The van der Waals surface area contributed by atoms with Crippen LogP contribution >= 0.6 is 39.7 Å². The highest BCUT2D eigenvalue weighted by atomic mass is 79.9. The number of hydrogen-bond donors (Lipinski definition) is 1. The first-order chi connectivity index (χ1) is 9.17. The van der Waals surface area contributed by atoms with Crippen molar-refractivity contribution < 1.29 is 4.74 Å². The minimum Gasteiger partial charge on any atom is -0.432 e. The molecule has 2 aromatic carbocycles. The molecule has 0 saturated carbocycles. The number of thiocarbonyl (C=S) groups is 1. The third kappa shape index (κ3) is 4.49. The van der Waals surface area contributed by atoms with Crippen molar-refractivity contribution in [2.45, 2.75) is 5.33 Å². The average Bonchev–Trinajstić information content (AvgIpc) is 2.42. The van der Waals surface area contributed by atoms with Gasteiger partial charge in [0, 0.05) is 16.0 Å². The SMILES string of the molecule is S=C(Nc1ccc(CBr)cc1)Oc1ccc(Cl)cc1. The van der Waals surface area contributed by atoms with E-state index in [-0.39, 0.29) is 0 Å². The van der Waals surface area contributed by atoms with Crippen LogP contribution < -0.4 is 10.1 Å². The quantitative estimate of drug-likeness (QED) is 0.617. The van der Waals surface area contributed by atoms with Crippen molar-refractivity contribution in [2.75, 3.05) is 5.32 Å². The summed E-state index contributed by atoms with van der Waals surface area (Å²) in [7, 11) is 0. The second kappa shape index (κ2) is 6.89. The summed E-state index contributed by atoms with van der Waals surface area (Å²) in [5.74, 6) is 0.652. The molecule has 0 aliphatic heterocycles. The van der Waals surface area contributed by atoms with E-state index < -0.39 is 0 Å². The van der Waals surface area contributed by atoms with E-state index in [2.05, 4.69) is 21.2 Å². The van der Waals surface area contributed by atoms with E-state index in [1.54, 1.807) is 24.3 Å². The molecule has 98 valence electrons. The molecule has 5 heteroatoms. The standard InChI is InChI=1S/C14H11BrClNOS/c15-9-10-1-5-12(6-2-10)17-14(19)18-13-7-3-11(16)4-8-13/h1-8H,9H2,(H,17,19). The number of rotatable bonds is 3. The second-order valence-electron chi connectivity index (χ2n) is 3.80. The van der Waals surface area contributed by atoms with Gasteiger partial charge in [-0.25, -0.2) is 0 Å². The molecule has 0 radical (unpaired) electrons. The van der Waals surface area contributed by atoms with E-state index in [1.165, 1.54) is 5.56 Å². The molecular weight excluding hydrogens is 346 g/mol. The van der Waals surface area contributed by atoms with Gasteiger partial charge in [0.1, 0.15) is 5.75 Å². The maximum Gasteiger partial charge on any atom is 0.266 e. The molecule has 0 amide bonds. The Bertz CT molecular complexity index is 557. The third-order valence-electron chi connectivity index (χ3n) is 2.38. The van der Waals surface area contributed by atoms with Crippen LogP contribution in [0, 0.1) is 0 Å². The largest absolute Gasteiger partial charge is 0.432 e. The number of nitrogens with one attached hydrogen (secondary N) is 1. The molecule has 0 aromatic heterocycles. The van der Waals surface area contributed by atoms with Crippen molar-refractivity contribution in [1.82, 2.24) is 0 Å². The van der Waals surface area contributed by atoms with E-state index >= 15 is 0 Å². The zero-order valence-electron chi connectivity index (χ0n) is 9.90. The number of ether oxygens (including phenoxy) is 1. The van der Waals surface area contributed by atoms with Crippen molar-refractivity contribution in [2.24, 2.45) is 0 Å². The third-order valence-corrected chi connectivity index (χ3v) is 3.46. The van der Waals surface area contributed by atoms with Gasteiger partial charge in [-0.1, -0.05) is 39.7 Å². The molecule has 0 saturated heterocycles. The minimum absolute atomic E-state index is 0.300. The molecular formula is C14H11BrClNOS. The second-order valence-corrected chi connectivity index (χ2v) is 5.17. The molecule has 0 atom stereocenters. The lowest BCUT2D eigenvalue weighted by Crippen LogP contribution is -2.16. The van der Waals surface area contributed by atoms with Crippen LogP contribution in [0.2, 0.25) is 5.02 Å². The normalized spacial score (nSPS) is 10.0. The first-order valence-corrected chi connectivity index (χ1v) is 7.47. The molecule has 19 heavy (non-hydrogen) atoms. The maximum absolute atomic E-state index is 5.80. The Labute approximate surface area is 130 Å². The van der Waals surface area contributed by atoms with Gasteiger partial charge < -0.3 is 10.1 Å².